The summed E-state index contributed by atoms with van der Waals surface area (Å²) in [6, 6.07) is 7.47. The van der Waals surface area contributed by atoms with Gasteiger partial charge in [-0.2, -0.15) is 4.73 Å². The number of hydrogen-bond acceptors (Lipinski definition) is 4. The number of rotatable bonds is 4. The van der Waals surface area contributed by atoms with Gasteiger partial charge in [0.1, 0.15) is 12.4 Å². The number of halogens is 1. The number of carbonyl (C=O) groups excluding carboxylic acids is 1. The Hall–Kier alpha value is -2.63. The second-order valence-electron chi connectivity index (χ2n) is 4.71. The molecule has 2 aromatic rings. The van der Waals surface area contributed by atoms with Crippen molar-refractivity contribution in [3.8, 4) is 0 Å². The molecule has 21 heavy (non-hydrogen) atoms. The zero-order valence-electron chi connectivity index (χ0n) is 11.7. The summed E-state index contributed by atoms with van der Waals surface area (Å²) in [4.78, 5) is 13.6. The van der Waals surface area contributed by atoms with Gasteiger partial charge >= 0.3 is 5.97 Å². The molecule has 0 spiro atoms. The maximum atomic E-state index is 13.9. The van der Waals surface area contributed by atoms with E-state index >= 15 is 0 Å². The molecule has 0 aliphatic rings. The van der Waals surface area contributed by atoms with Gasteiger partial charge in [0.25, 0.3) is 0 Å². The summed E-state index contributed by atoms with van der Waals surface area (Å²) >= 11 is 0. The number of nitrogens with zero attached hydrogens (tertiary/aromatic N) is 2. The molecule has 6 heteroatoms. The Labute approximate surface area is 121 Å². The lowest BCUT2D eigenvalue weighted by molar-refractivity contribution is -0.606. The van der Waals surface area contributed by atoms with Crippen LogP contribution in [0.2, 0.25) is 0 Å². The van der Waals surface area contributed by atoms with Gasteiger partial charge in [0.15, 0.2) is 12.4 Å². The fraction of sp³-hybridized carbons (Fsp3) is 0.200. The molecule has 0 amide bonds. The zero-order chi connectivity index (χ0) is 15.4. The SMILES string of the molecule is CN(C)c1ccc(C(=O)OCc2ccc[n+]([O-])c2)c(F)c1. The van der Waals surface area contributed by atoms with E-state index < -0.39 is 11.8 Å². The lowest BCUT2D eigenvalue weighted by atomic mass is 10.2. The van der Waals surface area contributed by atoms with Crippen LogP contribution in [0.5, 0.6) is 0 Å². The molecule has 0 saturated heterocycles. The zero-order valence-corrected chi connectivity index (χ0v) is 11.7. The van der Waals surface area contributed by atoms with Crippen molar-refractivity contribution in [2.75, 3.05) is 19.0 Å². The van der Waals surface area contributed by atoms with Crippen molar-refractivity contribution >= 4 is 11.7 Å². The van der Waals surface area contributed by atoms with E-state index in [4.69, 9.17) is 4.74 Å². The van der Waals surface area contributed by atoms with Gasteiger partial charge in [0.2, 0.25) is 0 Å². The van der Waals surface area contributed by atoms with Crippen molar-refractivity contribution in [1.82, 2.24) is 0 Å². The molecule has 1 aromatic carbocycles. The number of ether oxygens (including phenoxy) is 1. The third kappa shape index (κ3) is 3.68. The van der Waals surface area contributed by atoms with Crippen LogP contribution < -0.4 is 9.63 Å². The molecular formula is C15H15FN2O3. The second-order valence-corrected chi connectivity index (χ2v) is 4.71. The fourth-order valence-corrected chi connectivity index (χ4v) is 1.76. The van der Waals surface area contributed by atoms with E-state index in [2.05, 4.69) is 0 Å². The molecule has 0 saturated carbocycles. The summed E-state index contributed by atoms with van der Waals surface area (Å²) in [5.41, 5.74) is 1.05. The highest BCUT2D eigenvalue weighted by molar-refractivity contribution is 5.90. The molecule has 0 unspecified atom stereocenters. The van der Waals surface area contributed by atoms with Gasteiger partial charge in [0, 0.05) is 25.8 Å². The molecule has 0 radical (unpaired) electrons. The molecule has 5 nitrogen and oxygen atoms in total. The highest BCUT2D eigenvalue weighted by Crippen LogP contribution is 2.17. The first-order valence-electron chi connectivity index (χ1n) is 6.29. The first-order valence-corrected chi connectivity index (χ1v) is 6.29. The van der Waals surface area contributed by atoms with Gasteiger partial charge < -0.3 is 14.8 Å². The van der Waals surface area contributed by atoms with E-state index in [1.165, 1.54) is 24.5 Å². The van der Waals surface area contributed by atoms with Crippen LogP contribution in [-0.2, 0) is 11.3 Å². The molecule has 0 N–H and O–H groups in total. The first-order chi connectivity index (χ1) is 9.97. The molecule has 0 aliphatic heterocycles. The number of hydrogen-bond donors (Lipinski definition) is 0. The average molecular weight is 290 g/mol. The van der Waals surface area contributed by atoms with Gasteiger partial charge in [-0.1, -0.05) is 0 Å². The average Bonchev–Trinajstić information content (AvgIpc) is 2.44. The Bertz CT molecular complexity index is 659. The smallest absolute Gasteiger partial charge is 0.341 e. The van der Waals surface area contributed by atoms with Gasteiger partial charge in [-0.25, -0.2) is 9.18 Å². The molecule has 110 valence electrons. The quantitative estimate of drug-likeness (QED) is 0.490. The largest absolute Gasteiger partial charge is 0.619 e. The number of esters is 1. The Balaban J connectivity index is 2.07. The summed E-state index contributed by atoms with van der Waals surface area (Å²) < 4.78 is 19.5. The molecule has 0 atom stereocenters. The van der Waals surface area contributed by atoms with Gasteiger partial charge in [-0.3, -0.25) is 0 Å². The van der Waals surface area contributed by atoms with E-state index in [0.29, 0.717) is 16.0 Å². The van der Waals surface area contributed by atoms with Crippen LogP contribution in [0.3, 0.4) is 0 Å². The monoisotopic (exact) mass is 290 g/mol. The maximum absolute atomic E-state index is 13.9. The van der Waals surface area contributed by atoms with Crippen LogP contribution in [0.4, 0.5) is 10.1 Å². The van der Waals surface area contributed by atoms with Crippen molar-refractivity contribution in [2.45, 2.75) is 6.61 Å². The minimum absolute atomic E-state index is 0.0865. The predicted molar refractivity (Wildman–Crippen MR) is 75.2 cm³/mol. The van der Waals surface area contributed by atoms with Crippen LogP contribution >= 0.6 is 0 Å². The van der Waals surface area contributed by atoms with E-state index in [1.807, 2.05) is 0 Å². The van der Waals surface area contributed by atoms with E-state index in [-0.39, 0.29) is 12.2 Å². The lowest BCUT2D eigenvalue weighted by Gasteiger charge is -2.13. The molecule has 1 heterocycles. The van der Waals surface area contributed by atoms with Crippen LogP contribution in [0.25, 0.3) is 0 Å². The molecule has 0 aliphatic carbocycles. The van der Waals surface area contributed by atoms with Crippen LogP contribution in [0.15, 0.2) is 42.7 Å². The predicted octanol–water partition coefficient (Wildman–Crippen LogP) is 1.88. The summed E-state index contributed by atoms with van der Waals surface area (Å²) in [6.07, 6.45) is 2.61. The Morgan fingerprint density at radius 2 is 2.14 bits per heavy atom. The number of benzene rings is 1. The van der Waals surface area contributed by atoms with Crippen molar-refractivity contribution in [2.24, 2.45) is 0 Å². The third-order valence-electron chi connectivity index (χ3n) is 2.90. The minimum atomic E-state index is -0.765. The summed E-state index contributed by atoms with van der Waals surface area (Å²) in [6.45, 7) is -0.0865. The maximum Gasteiger partial charge on any atom is 0.341 e. The third-order valence-corrected chi connectivity index (χ3v) is 2.90. The number of anilines is 1. The van der Waals surface area contributed by atoms with Gasteiger partial charge in [-0.15, -0.1) is 0 Å². The molecular weight excluding hydrogens is 275 g/mol. The van der Waals surface area contributed by atoms with Crippen LogP contribution in [-0.4, -0.2) is 20.1 Å². The lowest BCUT2D eigenvalue weighted by Crippen LogP contribution is -2.25. The van der Waals surface area contributed by atoms with E-state index in [0.717, 1.165) is 0 Å². The van der Waals surface area contributed by atoms with Gasteiger partial charge in [0.05, 0.1) is 11.1 Å². The molecule has 0 fully saturated rings. The Morgan fingerprint density at radius 3 is 2.76 bits per heavy atom. The van der Waals surface area contributed by atoms with Gasteiger partial charge in [-0.05, 0) is 24.3 Å². The summed E-state index contributed by atoms with van der Waals surface area (Å²) in [5.74, 6) is -1.41. The number of pyridine rings is 1. The second kappa shape index (κ2) is 6.21. The first kappa shape index (κ1) is 14.8. The standard InChI is InChI=1S/C15H15FN2O3/c1-17(2)12-5-6-13(14(16)8-12)15(19)21-10-11-4-3-7-18(20)9-11/h3-9H,10H2,1-2H3. The fourth-order valence-electron chi connectivity index (χ4n) is 1.76. The molecule has 0 bridgehead atoms. The van der Waals surface area contributed by atoms with Crippen molar-refractivity contribution in [1.29, 1.82) is 0 Å². The Morgan fingerprint density at radius 1 is 1.38 bits per heavy atom. The number of aromatic nitrogens is 1. The van der Waals surface area contributed by atoms with Crippen molar-refractivity contribution < 1.29 is 18.7 Å². The topological polar surface area (TPSA) is 56.5 Å². The highest BCUT2D eigenvalue weighted by atomic mass is 19.1. The van der Waals surface area contributed by atoms with Crippen LogP contribution in [0.1, 0.15) is 15.9 Å². The van der Waals surface area contributed by atoms with Crippen molar-refractivity contribution in [3.05, 3.63) is 64.9 Å². The molecule has 2 rings (SSSR count). The normalized spacial score (nSPS) is 10.2. The van der Waals surface area contributed by atoms with Crippen LogP contribution in [0, 0.1) is 11.0 Å². The summed E-state index contributed by atoms with van der Waals surface area (Å²) in [7, 11) is 3.56. The molecule has 1 aromatic heterocycles. The highest BCUT2D eigenvalue weighted by Gasteiger charge is 2.14. The Kier molecular flexibility index (Phi) is 4.37. The minimum Gasteiger partial charge on any atom is -0.619 e. The number of carbonyl (C=O) groups is 1. The van der Waals surface area contributed by atoms with Crippen molar-refractivity contribution in [3.63, 3.8) is 0 Å². The van der Waals surface area contributed by atoms with E-state index in [1.54, 1.807) is 37.2 Å². The summed E-state index contributed by atoms with van der Waals surface area (Å²) in [5, 5.41) is 11.1. The van der Waals surface area contributed by atoms with E-state index in [9.17, 15) is 14.4 Å².